The Labute approximate surface area is 233 Å². The molecule has 3 aromatic rings. The fourth-order valence-corrected chi connectivity index (χ4v) is 6.54. The zero-order chi connectivity index (χ0) is 27.3. The van der Waals surface area contributed by atoms with Crippen LogP contribution in [0.25, 0.3) is 17.0 Å². The van der Waals surface area contributed by atoms with E-state index < -0.39 is 0 Å². The van der Waals surface area contributed by atoms with E-state index in [9.17, 15) is 9.59 Å². The highest BCUT2D eigenvalue weighted by molar-refractivity contribution is 6.00. The monoisotopic (exact) mass is 538 g/mol. The lowest BCUT2D eigenvalue weighted by molar-refractivity contribution is -0.132. The minimum absolute atomic E-state index is 0.143. The lowest BCUT2D eigenvalue weighted by Crippen LogP contribution is -2.43. The summed E-state index contributed by atoms with van der Waals surface area (Å²) in [5.74, 6) is 1.07. The van der Waals surface area contributed by atoms with E-state index >= 15 is 0 Å². The molecule has 7 rings (SSSR count). The van der Waals surface area contributed by atoms with Gasteiger partial charge >= 0.3 is 0 Å². The van der Waals surface area contributed by atoms with Crippen LogP contribution in [0.4, 0.5) is 11.4 Å². The number of anilines is 2. The first-order valence-electron chi connectivity index (χ1n) is 14.1. The molecule has 4 aliphatic heterocycles. The lowest BCUT2D eigenvalue weighted by atomic mass is 9.85. The van der Waals surface area contributed by atoms with Gasteiger partial charge in [0.2, 0.25) is 11.8 Å². The first-order chi connectivity index (χ1) is 19.5. The molecule has 5 heterocycles. The number of fused-ring (bicyclic) bond motifs is 1. The number of nitrogens with zero attached hydrogens (tertiary/aromatic N) is 6. The van der Waals surface area contributed by atoms with E-state index in [2.05, 4.69) is 62.2 Å². The standard InChI is InChI=1S/C30H34N8O2/c1-35-20-31-28(34-35)23-4-2-21(3-5-23)22-8-12-37(13-9-22)27(39)18-36-14-10-30(19-36)11-15-38(29(30)40)25-6-7-26-24(16-25)17-32-33-26/h2-8,16,20,32-33H,9-15,17-19H2,1H3/t30-/m0/s1. The predicted molar refractivity (Wildman–Crippen MR) is 153 cm³/mol. The molecule has 0 unspecified atom stereocenters. The third-order valence-electron chi connectivity index (χ3n) is 8.88. The van der Waals surface area contributed by atoms with Crippen LogP contribution in [-0.4, -0.2) is 75.6 Å². The number of aryl methyl sites for hydroxylation is 1. The minimum Gasteiger partial charge on any atom is -0.338 e. The van der Waals surface area contributed by atoms with E-state index in [-0.39, 0.29) is 17.2 Å². The first-order valence-corrected chi connectivity index (χ1v) is 14.1. The molecular formula is C30H34N8O2. The molecule has 2 saturated heterocycles. The van der Waals surface area contributed by atoms with E-state index in [1.807, 2.05) is 29.0 Å². The minimum atomic E-state index is -0.373. The van der Waals surface area contributed by atoms with Gasteiger partial charge in [-0.15, -0.1) is 0 Å². The van der Waals surface area contributed by atoms with Gasteiger partial charge < -0.3 is 15.2 Å². The van der Waals surface area contributed by atoms with Crippen LogP contribution in [0.2, 0.25) is 0 Å². The number of aromatic nitrogens is 3. The summed E-state index contributed by atoms with van der Waals surface area (Å²) in [4.78, 5) is 37.2. The van der Waals surface area contributed by atoms with Crippen molar-refractivity contribution >= 4 is 28.8 Å². The van der Waals surface area contributed by atoms with Crippen LogP contribution < -0.4 is 15.8 Å². The zero-order valence-electron chi connectivity index (χ0n) is 22.8. The summed E-state index contributed by atoms with van der Waals surface area (Å²) in [6, 6.07) is 14.5. The van der Waals surface area contributed by atoms with Crippen molar-refractivity contribution in [3.63, 3.8) is 0 Å². The van der Waals surface area contributed by atoms with Gasteiger partial charge in [-0.25, -0.2) is 10.4 Å². The number of nitrogens with one attached hydrogen (secondary N) is 2. The van der Waals surface area contributed by atoms with Crippen LogP contribution in [0.5, 0.6) is 0 Å². The molecule has 0 bridgehead atoms. The van der Waals surface area contributed by atoms with Crippen LogP contribution in [0.3, 0.4) is 0 Å². The Hall–Kier alpha value is -4.02. The molecule has 1 atom stereocenters. The van der Waals surface area contributed by atoms with Crippen LogP contribution in [0.1, 0.15) is 30.4 Å². The number of amides is 2. The van der Waals surface area contributed by atoms with Gasteiger partial charge in [0.05, 0.1) is 17.6 Å². The highest BCUT2D eigenvalue weighted by Crippen LogP contribution is 2.43. The topological polar surface area (TPSA) is 98.6 Å². The van der Waals surface area contributed by atoms with Crippen LogP contribution in [0.15, 0.2) is 54.9 Å². The van der Waals surface area contributed by atoms with Gasteiger partial charge in [0.15, 0.2) is 5.82 Å². The number of hydrogen-bond acceptors (Lipinski definition) is 7. The van der Waals surface area contributed by atoms with Gasteiger partial charge in [0, 0.05) is 51.0 Å². The second-order valence-electron chi connectivity index (χ2n) is 11.4. The smallest absolute Gasteiger partial charge is 0.237 e. The molecule has 0 radical (unpaired) electrons. The van der Waals surface area contributed by atoms with Crippen molar-refractivity contribution in [2.75, 3.05) is 49.6 Å². The van der Waals surface area contributed by atoms with E-state index in [0.29, 0.717) is 26.2 Å². The van der Waals surface area contributed by atoms with Crippen molar-refractivity contribution < 1.29 is 9.59 Å². The van der Waals surface area contributed by atoms with E-state index in [1.54, 1.807) is 11.0 Å². The van der Waals surface area contributed by atoms with Crippen molar-refractivity contribution in [3.8, 4) is 11.4 Å². The molecule has 206 valence electrons. The number of benzene rings is 2. The molecule has 10 nitrogen and oxygen atoms in total. The maximum absolute atomic E-state index is 13.6. The van der Waals surface area contributed by atoms with Crippen molar-refractivity contribution in [1.82, 2.24) is 30.0 Å². The van der Waals surface area contributed by atoms with Crippen LogP contribution in [0, 0.1) is 5.41 Å². The Balaban J connectivity index is 0.944. The molecule has 0 aliphatic carbocycles. The average Bonchev–Trinajstić information content (AvgIpc) is 3.78. The lowest BCUT2D eigenvalue weighted by Gasteiger charge is -2.29. The molecule has 1 aromatic heterocycles. The fourth-order valence-electron chi connectivity index (χ4n) is 6.54. The van der Waals surface area contributed by atoms with E-state index in [0.717, 1.165) is 61.7 Å². The molecule has 4 aliphatic rings. The Kier molecular flexibility index (Phi) is 6.16. The summed E-state index contributed by atoms with van der Waals surface area (Å²) in [5.41, 5.74) is 12.6. The summed E-state index contributed by atoms with van der Waals surface area (Å²) in [7, 11) is 1.86. The molecule has 10 heteroatoms. The quantitative estimate of drug-likeness (QED) is 0.515. The Morgan fingerprint density at radius 3 is 2.65 bits per heavy atom. The van der Waals surface area contributed by atoms with Gasteiger partial charge in [0.25, 0.3) is 0 Å². The zero-order valence-corrected chi connectivity index (χ0v) is 22.8. The molecule has 2 aromatic carbocycles. The van der Waals surface area contributed by atoms with Gasteiger partial charge in [-0.05, 0) is 60.7 Å². The van der Waals surface area contributed by atoms with Crippen molar-refractivity contribution in [3.05, 3.63) is 66.0 Å². The Bertz CT molecular complexity index is 1500. The summed E-state index contributed by atoms with van der Waals surface area (Å²) in [5, 5.41) is 4.37. The summed E-state index contributed by atoms with van der Waals surface area (Å²) >= 11 is 0. The first kappa shape index (κ1) is 25.0. The van der Waals surface area contributed by atoms with Gasteiger partial charge in [-0.2, -0.15) is 5.10 Å². The maximum Gasteiger partial charge on any atom is 0.237 e. The molecule has 40 heavy (non-hydrogen) atoms. The third-order valence-corrected chi connectivity index (χ3v) is 8.88. The summed E-state index contributed by atoms with van der Waals surface area (Å²) < 4.78 is 1.70. The average molecular weight is 539 g/mol. The van der Waals surface area contributed by atoms with E-state index in [4.69, 9.17) is 0 Å². The predicted octanol–water partition coefficient (Wildman–Crippen LogP) is 2.66. The molecule has 2 amide bonds. The number of hydrazine groups is 1. The fraction of sp³-hybridized carbons (Fsp3) is 0.400. The maximum atomic E-state index is 13.6. The Morgan fingerprint density at radius 2 is 1.88 bits per heavy atom. The summed E-state index contributed by atoms with van der Waals surface area (Å²) in [6.07, 6.45) is 6.36. The number of rotatable bonds is 5. The van der Waals surface area contributed by atoms with Gasteiger partial charge in [0.1, 0.15) is 6.33 Å². The van der Waals surface area contributed by atoms with Crippen molar-refractivity contribution in [1.29, 1.82) is 0 Å². The van der Waals surface area contributed by atoms with Crippen molar-refractivity contribution in [2.45, 2.75) is 25.8 Å². The van der Waals surface area contributed by atoms with Gasteiger partial charge in [-0.3, -0.25) is 19.2 Å². The SMILES string of the molecule is Cn1cnc(-c2ccc(C3=CCN(C(=O)CN4CC[C@]5(CCN(c6ccc7c(c6)CNN7)C5=O)C4)CC3)cc2)n1. The number of likely N-dealkylation sites (tertiary alicyclic amines) is 1. The Morgan fingerprint density at radius 1 is 1.05 bits per heavy atom. The highest BCUT2D eigenvalue weighted by atomic mass is 16.2. The molecule has 0 saturated carbocycles. The van der Waals surface area contributed by atoms with Crippen LogP contribution in [-0.2, 0) is 23.2 Å². The largest absolute Gasteiger partial charge is 0.338 e. The van der Waals surface area contributed by atoms with Crippen LogP contribution >= 0.6 is 0 Å². The number of hydrogen-bond donors (Lipinski definition) is 2. The number of carbonyl (C=O) groups excluding carboxylic acids is 2. The summed E-state index contributed by atoms with van der Waals surface area (Å²) in [6.45, 7) is 4.65. The molecule has 1 spiro atoms. The highest BCUT2D eigenvalue weighted by Gasteiger charge is 2.51. The normalized spacial score (nSPS) is 22.6. The van der Waals surface area contributed by atoms with E-state index in [1.165, 1.54) is 16.7 Å². The number of carbonyl (C=O) groups is 2. The second kappa shape index (κ2) is 9.87. The third kappa shape index (κ3) is 4.47. The molecule has 2 fully saturated rings. The molecular weight excluding hydrogens is 504 g/mol. The second-order valence-corrected chi connectivity index (χ2v) is 11.4. The van der Waals surface area contributed by atoms with Crippen molar-refractivity contribution in [2.24, 2.45) is 12.5 Å². The van der Waals surface area contributed by atoms with Gasteiger partial charge in [-0.1, -0.05) is 30.3 Å². The molecule has 2 N–H and O–H groups in total.